The Bertz CT molecular complexity index is 422. The fourth-order valence-electron chi connectivity index (χ4n) is 2.55. The summed E-state index contributed by atoms with van der Waals surface area (Å²) in [4.78, 5) is 10.6. The molecule has 0 radical (unpaired) electrons. The van der Waals surface area contributed by atoms with E-state index in [4.69, 9.17) is 9.47 Å². The Balaban J connectivity index is 2.13. The third-order valence-electron chi connectivity index (χ3n) is 3.80. The van der Waals surface area contributed by atoms with Gasteiger partial charge in [0, 0.05) is 6.42 Å². The van der Waals surface area contributed by atoms with Gasteiger partial charge >= 0.3 is 0 Å². The molecule has 1 aromatic carbocycles. The molecule has 0 N–H and O–H groups in total. The predicted molar refractivity (Wildman–Crippen MR) is 75.0 cm³/mol. The Kier molecular flexibility index (Phi) is 4.83. The van der Waals surface area contributed by atoms with Crippen LogP contribution in [0.4, 0.5) is 0 Å². The molecule has 0 aromatic heterocycles. The molecule has 19 heavy (non-hydrogen) atoms. The summed E-state index contributed by atoms with van der Waals surface area (Å²) in [6, 6.07) is 5.98. The van der Waals surface area contributed by atoms with Gasteiger partial charge < -0.3 is 14.3 Å². The Morgan fingerprint density at radius 3 is 2.68 bits per heavy atom. The van der Waals surface area contributed by atoms with Gasteiger partial charge in [0.25, 0.3) is 0 Å². The van der Waals surface area contributed by atoms with Crippen LogP contribution in [0.25, 0.3) is 0 Å². The van der Waals surface area contributed by atoms with Crippen LogP contribution in [-0.4, -0.2) is 19.5 Å². The first-order chi connectivity index (χ1) is 9.24. The summed E-state index contributed by atoms with van der Waals surface area (Å²) in [5.41, 5.74) is 1.11. The summed E-state index contributed by atoms with van der Waals surface area (Å²) in [7, 11) is 1.66. The lowest BCUT2D eigenvalue weighted by molar-refractivity contribution is -0.108. The van der Waals surface area contributed by atoms with Gasteiger partial charge in [-0.2, -0.15) is 0 Å². The van der Waals surface area contributed by atoms with Gasteiger partial charge in [0.05, 0.1) is 13.2 Å². The molecule has 3 heteroatoms. The molecule has 104 valence electrons. The molecule has 0 bridgehead atoms. The van der Waals surface area contributed by atoms with Crippen LogP contribution in [0.3, 0.4) is 0 Å². The summed E-state index contributed by atoms with van der Waals surface area (Å²) < 4.78 is 11.4. The lowest BCUT2D eigenvalue weighted by Crippen LogP contribution is -2.11. The minimum atomic E-state index is 0.215. The van der Waals surface area contributed by atoms with E-state index < -0.39 is 0 Å². The largest absolute Gasteiger partial charge is 0.493 e. The van der Waals surface area contributed by atoms with Gasteiger partial charge in [-0.1, -0.05) is 13.0 Å². The van der Waals surface area contributed by atoms with Crippen molar-refractivity contribution in [1.82, 2.24) is 0 Å². The second-order valence-electron chi connectivity index (χ2n) is 5.24. The smallest absolute Gasteiger partial charge is 0.161 e. The van der Waals surface area contributed by atoms with Gasteiger partial charge in [-0.3, -0.25) is 0 Å². The first-order valence-corrected chi connectivity index (χ1v) is 7.02. The van der Waals surface area contributed by atoms with Gasteiger partial charge in [-0.25, -0.2) is 0 Å². The van der Waals surface area contributed by atoms with Crippen LogP contribution in [0, 0.1) is 0 Å². The van der Waals surface area contributed by atoms with Crippen molar-refractivity contribution >= 4 is 6.29 Å². The Hall–Kier alpha value is -1.51. The van der Waals surface area contributed by atoms with E-state index in [1.165, 1.54) is 12.8 Å². The summed E-state index contributed by atoms with van der Waals surface area (Å²) in [5.74, 6) is 1.80. The van der Waals surface area contributed by atoms with Crippen LogP contribution in [-0.2, 0) is 4.79 Å². The molecule has 1 fully saturated rings. The van der Waals surface area contributed by atoms with Crippen LogP contribution in [0.1, 0.15) is 50.5 Å². The van der Waals surface area contributed by atoms with E-state index in [1.54, 1.807) is 7.11 Å². The first kappa shape index (κ1) is 13.9. The number of hydrogen-bond acceptors (Lipinski definition) is 3. The fraction of sp³-hybridized carbons (Fsp3) is 0.562. The zero-order valence-corrected chi connectivity index (χ0v) is 11.7. The molecule has 0 heterocycles. The standard InChI is InChI=1S/C16H22O3/c1-12(9-10-17)13-7-8-15(16(11-13)18-2)19-14-5-3-4-6-14/h7-8,10-12,14H,3-6,9H2,1-2H3. The Morgan fingerprint density at radius 1 is 1.32 bits per heavy atom. The minimum absolute atomic E-state index is 0.215. The first-order valence-electron chi connectivity index (χ1n) is 7.02. The zero-order valence-electron chi connectivity index (χ0n) is 11.7. The van der Waals surface area contributed by atoms with Gasteiger partial charge in [0.2, 0.25) is 0 Å². The molecule has 1 saturated carbocycles. The number of methoxy groups -OCH3 is 1. The van der Waals surface area contributed by atoms with Gasteiger partial charge in [0.1, 0.15) is 6.29 Å². The number of carbonyl (C=O) groups is 1. The highest BCUT2D eigenvalue weighted by molar-refractivity contribution is 5.52. The monoisotopic (exact) mass is 262 g/mol. The van der Waals surface area contributed by atoms with Crippen LogP contribution in [0.2, 0.25) is 0 Å². The highest BCUT2D eigenvalue weighted by atomic mass is 16.5. The highest BCUT2D eigenvalue weighted by Gasteiger charge is 2.19. The molecule has 0 aliphatic heterocycles. The van der Waals surface area contributed by atoms with Crippen molar-refractivity contribution in [2.75, 3.05) is 7.11 Å². The normalized spacial score (nSPS) is 17.2. The molecule has 1 unspecified atom stereocenters. The molecule has 1 aliphatic carbocycles. The van der Waals surface area contributed by atoms with Gasteiger partial charge in [0.15, 0.2) is 11.5 Å². The van der Waals surface area contributed by atoms with Crippen LogP contribution < -0.4 is 9.47 Å². The summed E-state index contributed by atoms with van der Waals surface area (Å²) in [6.07, 6.45) is 6.58. The lowest BCUT2D eigenvalue weighted by atomic mass is 9.98. The fourth-order valence-corrected chi connectivity index (χ4v) is 2.55. The lowest BCUT2D eigenvalue weighted by Gasteiger charge is -2.17. The molecule has 1 aliphatic rings. The van der Waals surface area contributed by atoms with E-state index in [2.05, 4.69) is 0 Å². The summed E-state index contributed by atoms with van der Waals surface area (Å²) >= 11 is 0. The van der Waals surface area contributed by atoms with E-state index in [1.807, 2.05) is 25.1 Å². The SMILES string of the molecule is COc1cc(C(C)CC=O)ccc1OC1CCCC1. The molecular formula is C16H22O3. The number of carbonyl (C=O) groups excluding carboxylic acids is 1. The second kappa shape index (κ2) is 6.60. The molecule has 0 amide bonds. The van der Waals surface area contributed by atoms with Gasteiger partial charge in [-0.15, -0.1) is 0 Å². The molecule has 1 aromatic rings. The van der Waals surface area contributed by atoms with Crippen molar-refractivity contribution in [3.8, 4) is 11.5 Å². The summed E-state index contributed by atoms with van der Waals surface area (Å²) in [6.45, 7) is 2.04. The summed E-state index contributed by atoms with van der Waals surface area (Å²) in [5, 5.41) is 0. The Labute approximate surface area is 114 Å². The van der Waals surface area contributed by atoms with Crippen LogP contribution in [0.15, 0.2) is 18.2 Å². The zero-order chi connectivity index (χ0) is 13.7. The number of hydrogen-bond donors (Lipinski definition) is 0. The third kappa shape index (κ3) is 3.49. The van der Waals surface area contributed by atoms with Crippen molar-refractivity contribution in [3.63, 3.8) is 0 Å². The van der Waals surface area contributed by atoms with Crippen LogP contribution in [0.5, 0.6) is 11.5 Å². The van der Waals surface area contributed by atoms with Crippen molar-refractivity contribution in [2.24, 2.45) is 0 Å². The molecule has 2 rings (SSSR count). The van der Waals surface area contributed by atoms with Crippen molar-refractivity contribution in [1.29, 1.82) is 0 Å². The maximum Gasteiger partial charge on any atom is 0.161 e. The van der Waals surface area contributed by atoms with E-state index in [0.29, 0.717) is 12.5 Å². The topological polar surface area (TPSA) is 35.5 Å². The van der Waals surface area contributed by atoms with Gasteiger partial charge in [-0.05, 0) is 49.3 Å². The minimum Gasteiger partial charge on any atom is -0.493 e. The number of benzene rings is 1. The van der Waals surface area contributed by atoms with E-state index >= 15 is 0 Å². The number of aldehydes is 1. The molecule has 1 atom stereocenters. The van der Waals surface area contributed by atoms with Crippen molar-refractivity contribution < 1.29 is 14.3 Å². The van der Waals surface area contributed by atoms with Crippen molar-refractivity contribution in [3.05, 3.63) is 23.8 Å². The molecular weight excluding hydrogens is 240 g/mol. The molecule has 3 nitrogen and oxygen atoms in total. The highest BCUT2D eigenvalue weighted by Crippen LogP contribution is 2.34. The predicted octanol–water partition coefficient (Wildman–Crippen LogP) is 3.71. The second-order valence-corrected chi connectivity index (χ2v) is 5.24. The molecule has 0 saturated heterocycles. The number of ether oxygens (including phenoxy) is 2. The average molecular weight is 262 g/mol. The number of rotatable bonds is 6. The van der Waals surface area contributed by atoms with E-state index in [0.717, 1.165) is 36.2 Å². The third-order valence-corrected chi connectivity index (χ3v) is 3.80. The average Bonchev–Trinajstić information content (AvgIpc) is 2.92. The van der Waals surface area contributed by atoms with E-state index in [-0.39, 0.29) is 5.92 Å². The van der Waals surface area contributed by atoms with E-state index in [9.17, 15) is 4.79 Å². The maximum absolute atomic E-state index is 10.6. The van der Waals surface area contributed by atoms with Crippen LogP contribution >= 0.6 is 0 Å². The quantitative estimate of drug-likeness (QED) is 0.733. The maximum atomic E-state index is 10.6. The Morgan fingerprint density at radius 2 is 2.05 bits per heavy atom. The van der Waals surface area contributed by atoms with Crippen molar-refractivity contribution in [2.45, 2.75) is 51.0 Å². The molecule has 0 spiro atoms.